The summed E-state index contributed by atoms with van der Waals surface area (Å²) in [7, 11) is 1.67. The first-order chi connectivity index (χ1) is 15.0. The third-order valence-electron chi connectivity index (χ3n) is 6.40. The number of nitrogens with one attached hydrogen (secondary N) is 1. The zero-order valence-electron chi connectivity index (χ0n) is 18.9. The van der Waals surface area contributed by atoms with E-state index in [1.165, 1.54) is 56.3 Å². The maximum Gasteiger partial charge on any atom is 0.264 e. The van der Waals surface area contributed by atoms with Gasteiger partial charge in [-0.25, -0.2) is 0 Å². The summed E-state index contributed by atoms with van der Waals surface area (Å²) in [4.78, 5) is 28.8. The van der Waals surface area contributed by atoms with E-state index in [1.807, 2.05) is 0 Å². The molecule has 31 heavy (non-hydrogen) atoms. The summed E-state index contributed by atoms with van der Waals surface area (Å²) in [6, 6.07) is 3.65. The summed E-state index contributed by atoms with van der Waals surface area (Å²) in [6.45, 7) is 5.02. The van der Waals surface area contributed by atoms with E-state index in [9.17, 15) is 9.59 Å². The van der Waals surface area contributed by atoms with Gasteiger partial charge in [0.15, 0.2) is 12.4 Å². The molecule has 0 aliphatic carbocycles. The molecule has 0 saturated carbocycles. The standard InChI is InChI=1S/C24H36ClN3O3/c1-3-4-5-6-7-8-9-12-28-13-10-11-19(28)16-26-24(30)20-14-18(25)15-21-23(20)31-17-22(29)27(21)2/h14-15,19H,3-13,16-17H2,1-2H3,(H,26,30)/t19-/m1/s1. The van der Waals surface area contributed by atoms with Crippen molar-refractivity contribution in [2.24, 2.45) is 0 Å². The molecule has 1 fully saturated rings. The van der Waals surface area contributed by atoms with Gasteiger partial charge >= 0.3 is 0 Å². The fourth-order valence-corrected chi connectivity index (χ4v) is 4.72. The molecule has 172 valence electrons. The molecule has 6 nitrogen and oxygen atoms in total. The van der Waals surface area contributed by atoms with Crippen LogP contribution >= 0.6 is 11.6 Å². The second-order valence-corrected chi connectivity index (χ2v) is 9.14. The zero-order chi connectivity index (χ0) is 22.2. The number of hydrogen-bond donors (Lipinski definition) is 1. The van der Waals surface area contributed by atoms with Crippen LogP contribution in [0, 0.1) is 0 Å². The molecule has 2 heterocycles. The van der Waals surface area contributed by atoms with Gasteiger partial charge in [-0.1, -0.05) is 57.0 Å². The average Bonchev–Trinajstić information content (AvgIpc) is 3.21. The number of carbonyl (C=O) groups is 2. The molecule has 0 aromatic heterocycles. The smallest absolute Gasteiger partial charge is 0.264 e. The number of anilines is 1. The highest BCUT2D eigenvalue weighted by atomic mass is 35.5. The van der Waals surface area contributed by atoms with E-state index in [0.29, 0.717) is 34.6 Å². The monoisotopic (exact) mass is 449 g/mol. The minimum Gasteiger partial charge on any atom is -0.481 e. The Labute approximate surface area is 191 Å². The lowest BCUT2D eigenvalue weighted by Gasteiger charge is -2.28. The molecule has 1 aromatic carbocycles. The van der Waals surface area contributed by atoms with Crippen molar-refractivity contribution >= 4 is 29.1 Å². The number of halogens is 1. The van der Waals surface area contributed by atoms with Gasteiger partial charge in [0, 0.05) is 24.7 Å². The van der Waals surface area contributed by atoms with Crippen LogP contribution in [0.25, 0.3) is 0 Å². The predicted octanol–water partition coefficient (Wildman–Crippen LogP) is 4.64. The van der Waals surface area contributed by atoms with Crippen molar-refractivity contribution in [3.63, 3.8) is 0 Å². The number of fused-ring (bicyclic) bond motifs is 1. The second kappa shape index (κ2) is 11.7. The molecular formula is C24H36ClN3O3. The van der Waals surface area contributed by atoms with Crippen molar-refractivity contribution < 1.29 is 14.3 Å². The van der Waals surface area contributed by atoms with Gasteiger partial charge < -0.3 is 15.0 Å². The highest BCUT2D eigenvalue weighted by molar-refractivity contribution is 6.31. The number of likely N-dealkylation sites (tertiary alicyclic amines) is 1. The molecule has 1 saturated heterocycles. The lowest BCUT2D eigenvalue weighted by Crippen LogP contribution is -2.41. The summed E-state index contributed by atoms with van der Waals surface area (Å²) in [5.41, 5.74) is 0.925. The van der Waals surface area contributed by atoms with Crippen LogP contribution in [0.15, 0.2) is 12.1 Å². The van der Waals surface area contributed by atoms with E-state index >= 15 is 0 Å². The third-order valence-corrected chi connectivity index (χ3v) is 6.62. The van der Waals surface area contributed by atoms with Gasteiger partial charge in [-0.2, -0.15) is 0 Å². The largest absolute Gasteiger partial charge is 0.481 e. The summed E-state index contributed by atoms with van der Waals surface area (Å²) in [5, 5.41) is 3.49. The van der Waals surface area contributed by atoms with E-state index in [1.54, 1.807) is 19.2 Å². The Morgan fingerprint density at radius 1 is 1.19 bits per heavy atom. The number of benzene rings is 1. The third kappa shape index (κ3) is 6.36. The highest BCUT2D eigenvalue weighted by Gasteiger charge is 2.29. The molecule has 1 N–H and O–H groups in total. The summed E-state index contributed by atoms with van der Waals surface area (Å²) >= 11 is 6.22. The molecule has 0 unspecified atom stereocenters. The maximum absolute atomic E-state index is 12.9. The molecule has 2 aliphatic rings. The van der Waals surface area contributed by atoms with Crippen molar-refractivity contribution in [1.29, 1.82) is 0 Å². The maximum atomic E-state index is 12.9. The minimum atomic E-state index is -0.204. The minimum absolute atomic E-state index is 0.0692. The number of likely N-dealkylation sites (N-methyl/N-ethyl adjacent to an activating group) is 1. The molecule has 0 spiro atoms. The molecule has 7 heteroatoms. The predicted molar refractivity (Wildman–Crippen MR) is 125 cm³/mol. The van der Waals surface area contributed by atoms with Gasteiger partial charge in [0.1, 0.15) is 0 Å². The fraction of sp³-hybridized carbons (Fsp3) is 0.667. The normalized spacial score (nSPS) is 18.7. The molecule has 2 amide bonds. The summed E-state index contributed by atoms with van der Waals surface area (Å²) < 4.78 is 5.59. The van der Waals surface area contributed by atoms with Gasteiger partial charge in [0.05, 0.1) is 11.3 Å². The van der Waals surface area contributed by atoms with Crippen LogP contribution in [-0.2, 0) is 4.79 Å². The highest BCUT2D eigenvalue weighted by Crippen LogP contribution is 2.37. The van der Waals surface area contributed by atoms with E-state index in [0.717, 1.165) is 19.5 Å². The van der Waals surface area contributed by atoms with Crippen LogP contribution in [0.3, 0.4) is 0 Å². The summed E-state index contributed by atoms with van der Waals surface area (Å²) in [5.74, 6) is 0.0627. The molecule has 1 atom stereocenters. The molecular weight excluding hydrogens is 414 g/mol. The Morgan fingerprint density at radius 3 is 2.71 bits per heavy atom. The van der Waals surface area contributed by atoms with Gasteiger partial charge in [-0.15, -0.1) is 0 Å². The van der Waals surface area contributed by atoms with E-state index in [2.05, 4.69) is 17.1 Å². The number of amides is 2. The summed E-state index contributed by atoms with van der Waals surface area (Å²) in [6.07, 6.45) is 11.5. The number of ether oxygens (including phenoxy) is 1. The van der Waals surface area contributed by atoms with E-state index in [4.69, 9.17) is 16.3 Å². The van der Waals surface area contributed by atoms with Crippen molar-refractivity contribution in [2.45, 2.75) is 70.8 Å². The molecule has 0 bridgehead atoms. The number of rotatable bonds is 11. The Morgan fingerprint density at radius 2 is 1.94 bits per heavy atom. The SMILES string of the molecule is CCCCCCCCCN1CCC[C@@H]1CNC(=O)c1cc(Cl)cc2c1OCC(=O)N2C. The Balaban J connectivity index is 1.50. The molecule has 1 aromatic rings. The van der Waals surface area contributed by atoms with Gasteiger partial charge in [0.2, 0.25) is 0 Å². The van der Waals surface area contributed by atoms with Crippen LogP contribution in [0.2, 0.25) is 5.02 Å². The molecule has 2 aliphatic heterocycles. The van der Waals surface area contributed by atoms with Crippen molar-refractivity contribution in [1.82, 2.24) is 10.2 Å². The van der Waals surface area contributed by atoms with Crippen molar-refractivity contribution in [3.8, 4) is 5.75 Å². The lowest BCUT2D eigenvalue weighted by atomic mass is 10.1. The van der Waals surface area contributed by atoms with Gasteiger partial charge in [-0.05, 0) is 44.5 Å². The first kappa shape index (κ1) is 23.9. The Bertz CT molecular complexity index is 771. The quantitative estimate of drug-likeness (QED) is 0.500. The van der Waals surface area contributed by atoms with Crippen LogP contribution < -0.4 is 15.0 Å². The van der Waals surface area contributed by atoms with Gasteiger partial charge in [-0.3, -0.25) is 14.5 Å². The second-order valence-electron chi connectivity index (χ2n) is 8.71. The van der Waals surface area contributed by atoms with Crippen molar-refractivity contribution in [3.05, 3.63) is 22.7 Å². The Kier molecular flexibility index (Phi) is 9.02. The number of carbonyl (C=O) groups excluding carboxylic acids is 2. The van der Waals surface area contributed by atoms with Crippen molar-refractivity contribution in [2.75, 3.05) is 38.2 Å². The Hall–Kier alpha value is -1.79. The number of hydrogen-bond acceptors (Lipinski definition) is 4. The zero-order valence-corrected chi connectivity index (χ0v) is 19.7. The number of nitrogens with zero attached hydrogens (tertiary/aromatic N) is 2. The van der Waals surface area contributed by atoms with Crippen LogP contribution in [0.4, 0.5) is 5.69 Å². The molecule has 0 radical (unpaired) electrons. The number of unbranched alkanes of at least 4 members (excludes halogenated alkanes) is 6. The van der Waals surface area contributed by atoms with E-state index in [-0.39, 0.29) is 18.4 Å². The van der Waals surface area contributed by atoms with Gasteiger partial charge in [0.25, 0.3) is 11.8 Å². The average molecular weight is 450 g/mol. The first-order valence-corrected chi connectivity index (χ1v) is 12.1. The lowest BCUT2D eigenvalue weighted by molar-refractivity contribution is -0.121. The van der Waals surface area contributed by atoms with Crippen LogP contribution in [-0.4, -0.2) is 56.0 Å². The van der Waals surface area contributed by atoms with Crippen LogP contribution in [0.5, 0.6) is 5.75 Å². The molecule has 3 rings (SSSR count). The first-order valence-electron chi connectivity index (χ1n) is 11.8. The topological polar surface area (TPSA) is 61.9 Å². The fourth-order valence-electron chi connectivity index (χ4n) is 4.51. The van der Waals surface area contributed by atoms with Crippen LogP contribution in [0.1, 0.15) is 75.1 Å². The van der Waals surface area contributed by atoms with E-state index < -0.39 is 0 Å².